The van der Waals surface area contributed by atoms with Gasteiger partial charge in [0.15, 0.2) is 11.0 Å². The summed E-state index contributed by atoms with van der Waals surface area (Å²) in [7, 11) is 1.87. The van der Waals surface area contributed by atoms with E-state index < -0.39 is 0 Å². The maximum atomic E-state index is 13.1. The van der Waals surface area contributed by atoms with Crippen LogP contribution in [0.3, 0.4) is 0 Å². The van der Waals surface area contributed by atoms with Gasteiger partial charge in [-0.05, 0) is 43.3 Å². The molecule has 0 aliphatic rings. The van der Waals surface area contributed by atoms with Gasteiger partial charge in [0, 0.05) is 18.2 Å². The molecule has 2 aromatic carbocycles. The molecule has 0 aliphatic heterocycles. The Kier molecular flexibility index (Phi) is 4.72. The minimum absolute atomic E-state index is 0.0982. The molecule has 27 heavy (non-hydrogen) atoms. The van der Waals surface area contributed by atoms with Gasteiger partial charge in [0.2, 0.25) is 11.8 Å². The average molecular weight is 381 g/mol. The van der Waals surface area contributed by atoms with Gasteiger partial charge in [-0.3, -0.25) is 0 Å². The molecule has 0 N–H and O–H groups in total. The lowest BCUT2D eigenvalue weighted by Crippen LogP contribution is -1.97. The maximum absolute atomic E-state index is 13.1. The van der Waals surface area contributed by atoms with Crippen molar-refractivity contribution in [2.45, 2.75) is 17.3 Å². The zero-order chi connectivity index (χ0) is 18.8. The molecule has 0 saturated carbocycles. The van der Waals surface area contributed by atoms with Crippen LogP contribution >= 0.6 is 11.8 Å². The lowest BCUT2D eigenvalue weighted by molar-refractivity contribution is 0.508. The average Bonchev–Trinajstić information content (AvgIpc) is 3.31. The maximum Gasteiger partial charge on any atom is 0.247 e. The van der Waals surface area contributed by atoms with Crippen LogP contribution in [0, 0.1) is 5.82 Å². The minimum atomic E-state index is -0.283. The third kappa shape index (κ3) is 3.61. The number of aromatic nitrogens is 5. The lowest BCUT2D eigenvalue weighted by Gasteiger charge is -2.07. The van der Waals surface area contributed by atoms with E-state index in [1.165, 1.54) is 23.9 Å². The number of hydrogen-bond donors (Lipinski definition) is 0. The van der Waals surface area contributed by atoms with Crippen molar-refractivity contribution in [1.82, 2.24) is 25.0 Å². The Balaban J connectivity index is 1.53. The van der Waals surface area contributed by atoms with Crippen molar-refractivity contribution >= 4 is 11.8 Å². The van der Waals surface area contributed by atoms with Crippen molar-refractivity contribution in [3.63, 3.8) is 0 Å². The molecule has 1 unspecified atom stereocenters. The van der Waals surface area contributed by atoms with E-state index in [1.54, 1.807) is 12.1 Å². The molecule has 0 saturated heterocycles. The molecule has 0 aliphatic carbocycles. The van der Waals surface area contributed by atoms with Crippen LogP contribution in [0.15, 0.2) is 64.2 Å². The van der Waals surface area contributed by atoms with Crippen molar-refractivity contribution in [2.75, 3.05) is 0 Å². The Morgan fingerprint density at radius 2 is 1.67 bits per heavy atom. The Hall–Kier alpha value is -3.00. The third-order valence-electron chi connectivity index (χ3n) is 4.03. The summed E-state index contributed by atoms with van der Waals surface area (Å²) < 4.78 is 20.8. The van der Waals surface area contributed by atoms with Crippen LogP contribution in [-0.2, 0) is 7.05 Å². The second-order valence-corrected chi connectivity index (χ2v) is 7.25. The zero-order valence-electron chi connectivity index (χ0n) is 14.7. The summed E-state index contributed by atoms with van der Waals surface area (Å²) in [6.07, 6.45) is 0. The molecule has 0 bridgehead atoms. The smallest absolute Gasteiger partial charge is 0.247 e. The van der Waals surface area contributed by atoms with Crippen LogP contribution in [0.4, 0.5) is 4.39 Å². The first-order valence-electron chi connectivity index (χ1n) is 8.32. The molecule has 2 heterocycles. The highest BCUT2D eigenvalue weighted by Gasteiger charge is 2.20. The van der Waals surface area contributed by atoms with E-state index in [0.29, 0.717) is 22.8 Å². The molecule has 2 aromatic heterocycles. The summed E-state index contributed by atoms with van der Waals surface area (Å²) in [5, 5.41) is 17.3. The highest BCUT2D eigenvalue weighted by atomic mass is 32.2. The summed E-state index contributed by atoms with van der Waals surface area (Å²) in [5.41, 5.74) is 1.68. The largest absolute Gasteiger partial charge is 0.419 e. The quantitative estimate of drug-likeness (QED) is 0.473. The first-order valence-corrected chi connectivity index (χ1v) is 9.20. The highest BCUT2D eigenvalue weighted by molar-refractivity contribution is 7.99. The van der Waals surface area contributed by atoms with Crippen molar-refractivity contribution < 1.29 is 8.81 Å². The molecule has 6 nitrogen and oxygen atoms in total. The number of rotatable bonds is 5. The van der Waals surface area contributed by atoms with E-state index in [1.807, 2.05) is 48.9 Å². The molecule has 0 spiro atoms. The van der Waals surface area contributed by atoms with Gasteiger partial charge in [0.1, 0.15) is 5.82 Å². The molecule has 0 radical (unpaired) electrons. The molecular weight excluding hydrogens is 365 g/mol. The molecule has 8 heteroatoms. The molecular formula is C19H16FN5OS. The number of hydrogen-bond acceptors (Lipinski definition) is 6. The van der Waals surface area contributed by atoms with Crippen LogP contribution in [0.5, 0.6) is 0 Å². The van der Waals surface area contributed by atoms with Crippen LogP contribution in [-0.4, -0.2) is 25.0 Å². The number of thioether (sulfide) groups is 1. The molecule has 4 rings (SSSR count). The van der Waals surface area contributed by atoms with E-state index in [9.17, 15) is 4.39 Å². The number of halogens is 1. The predicted molar refractivity (Wildman–Crippen MR) is 100 cm³/mol. The fourth-order valence-corrected chi connectivity index (χ4v) is 3.42. The summed E-state index contributed by atoms with van der Waals surface area (Å²) in [5.74, 6) is 1.39. The van der Waals surface area contributed by atoms with Gasteiger partial charge in [-0.1, -0.05) is 30.0 Å². The van der Waals surface area contributed by atoms with Crippen molar-refractivity contribution in [3.05, 3.63) is 66.3 Å². The van der Waals surface area contributed by atoms with Gasteiger partial charge < -0.3 is 8.98 Å². The van der Waals surface area contributed by atoms with Gasteiger partial charge in [0.25, 0.3) is 0 Å². The monoisotopic (exact) mass is 381 g/mol. The molecule has 0 fully saturated rings. The molecule has 136 valence electrons. The summed E-state index contributed by atoms with van der Waals surface area (Å²) in [6, 6.07) is 15.8. The van der Waals surface area contributed by atoms with E-state index in [2.05, 4.69) is 20.4 Å². The second-order valence-electron chi connectivity index (χ2n) is 5.94. The van der Waals surface area contributed by atoms with Crippen molar-refractivity contribution in [3.8, 4) is 22.8 Å². The number of benzene rings is 2. The highest BCUT2D eigenvalue weighted by Crippen LogP contribution is 2.35. The van der Waals surface area contributed by atoms with Crippen LogP contribution in [0.1, 0.15) is 18.1 Å². The topological polar surface area (TPSA) is 69.6 Å². The second kappa shape index (κ2) is 7.32. The molecule has 1 atom stereocenters. The Labute approximate surface area is 159 Å². The minimum Gasteiger partial charge on any atom is -0.419 e. The summed E-state index contributed by atoms with van der Waals surface area (Å²) >= 11 is 1.47. The molecule has 0 amide bonds. The van der Waals surface area contributed by atoms with Gasteiger partial charge in [0.05, 0.1) is 5.25 Å². The summed E-state index contributed by atoms with van der Waals surface area (Å²) in [6.45, 7) is 1.97. The molecule has 4 aromatic rings. The van der Waals surface area contributed by atoms with E-state index in [-0.39, 0.29) is 11.1 Å². The standard InChI is InChI=1S/C19H16FN5OS/c1-12(17-22-23-18(26-17)14-6-4-3-5-7-14)27-19-24-21-16(25(19)2)13-8-10-15(20)11-9-13/h3-12H,1-2H3. The van der Waals surface area contributed by atoms with Crippen molar-refractivity contribution in [1.29, 1.82) is 0 Å². The van der Waals surface area contributed by atoms with Gasteiger partial charge in [-0.2, -0.15) is 0 Å². The SMILES string of the molecule is CC(Sc1nnc(-c2ccc(F)cc2)n1C)c1nnc(-c2ccccc2)o1. The fourth-order valence-electron chi connectivity index (χ4n) is 2.57. The summed E-state index contributed by atoms with van der Waals surface area (Å²) in [4.78, 5) is 0. The Morgan fingerprint density at radius 1 is 0.926 bits per heavy atom. The van der Waals surface area contributed by atoms with Crippen molar-refractivity contribution in [2.24, 2.45) is 7.05 Å². The van der Waals surface area contributed by atoms with Crippen LogP contribution in [0.2, 0.25) is 0 Å². The van der Waals surface area contributed by atoms with E-state index in [0.717, 1.165) is 11.1 Å². The first-order chi connectivity index (χ1) is 13.1. The van der Waals surface area contributed by atoms with E-state index >= 15 is 0 Å². The first kappa shape index (κ1) is 17.4. The fraction of sp³-hybridized carbons (Fsp3) is 0.158. The van der Waals surface area contributed by atoms with Gasteiger partial charge in [-0.15, -0.1) is 20.4 Å². The predicted octanol–water partition coefficient (Wildman–Crippen LogP) is 4.52. The van der Waals surface area contributed by atoms with Gasteiger partial charge >= 0.3 is 0 Å². The van der Waals surface area contributed by atoms with Crippen LogP contribution in [0.25, 0.3) is 22.8 Å². The zero-order valence-corrected chi connectivity index (χ0v) is 15.5. The Bertz CT molecular complexity index is 1050. The van der Waals surface area contributed by atoms with E-state index in [4.69, 9.17) is 4.42 Å². The Morgan fingerprint density at radius 3 is 2.41 bits per heavy atom. The van der Waals surface area contributed by atoms with Gasteiger partial charge in [-0.25, -0.2) is 4.39 Å². The normalized spacial score (nSPS) is 12.3. The number of nitrogens with zero attached hydrogens (tertiary/aromatic N) is 5. The lowest BCUT2D eigenvalue weighted by atomic mass is 10.2. The third-order valence-corrected chi connectivity index (χ3v) is 5.15. The van der Waals surface area contributed by atoms with Crippen LogP contribution < -0.4 is 0 Å².